The van der Waals surface area contributed by atoms with Crippen molar-refractivity contribution in [2.24, 2.45) is 0 Å². The van der Waals surface area contributed by atoms with Crippen LogP contribution in [0.4, 0.5) is 22.7 Å². The fourth-order valence-electron chi connectivity index (χ4n) is 3.22. The minimum absolute atomic E-state index is 0.315. The monoisotopic (exact) mass is 409 g/mol. The first-order valence-corrected chi connectivity index (χ1v) is 10.2. The van der Waals surface area contributed by atoms with Crippen LogP contribution in [0.2, 0.25) is 0 Å². The summed E-state index contributed by atoms with van der Waals surface area (Å²) in [6.45, 7) is 4.07. The zero-order valence-corrected chi connectivity index (χ0v) is 17.4. The molecule has 1 atom stereocenters. The third-order valence-electron chi connectivity index (χ3n) is 4.73. The van der Waals surface area contributed by atoms with Gasteiger partial charge in [-0.25, -0.2) is 0 Å². The van der Waals surface area contributed by atoms with Crippen LogP contribution < -0.4 is 4.90 Å². The molecule has 0 N–H and O–H groups in total. The minimum atomic E-state index is -0.619. The number of nitro groups is 2. The number of benzene rings is 2. The molecule has 0 bridgehead atoms. The summed E-state index contributed by atoms with van der Waals surface area (Å²) in [5.41, 5.74) is 0.483. The predicted molar refractivity (Wildman–Crippen MR) is 119 cm³/mol. The summed E-state index contributed by atoms with van der Waals surface area (Å²) in [5.74, 6) is 6.40. The van der Waals surface area contributed by atoms with Crippen molar-refractivity contribution >= 4 is 22.7 Å². The summed E-state index contributed by atoms with van der Waals surface area (Å²) in [5, 5.41) is 22.6. The van der Waals surface area contributed by atoms with E-state index in [1.54, 1.807) is 4.90 Å². The lowest BCUT2D eigenvalue weighted by Crippen LogP contribution is -2.27. The highest BCUT2D eigenvalue weighted by molar-refractivity contribution is 5.70. The Bertz CT molecular complexity index is 887. The Morgan fingerprint density at radius 2 is 1.50 bits per heavy atom. The van der Waals surface area contributed by atoms with Gasteiger partial charge in [-0.15, -0.1) is 5.92 Å². The minimum Gasteiger partial charge on any atom is -0.327 e. The summed E-state index contributed by atoms with van der Waals surface area (Å²) < 4.78 is 0. The Morgan fingerprint density at radius 3 is 2.07 bits per heavy atom. The third kappa shape index (κ3) is 6.59. The van der Waals surface area contributed by atoms with Crippen molar-refractivity contribution in [3.63, 3.8) is 0 Å². The van der Waals surface area contributed by atoms with E-state index in [4.69, 9.17) is 0 Å². The van der Waals surface area contributed by atoms with Crippen molar-refractivity contribution in [2.45, 2.75) is 58.4 Å². The lowest BCUT2D eigenvalue weighted by molar-refractivity contribution is -0.394. The maximum Gasteiger partial charge on any atom is 0.278 e. The first kappa shape index (κ1) is 22.9. The molecule has 0 aromatic heterocycles. The average molecular weight is 409 g/mol. The van der Waals surface area contributed by atoms with Crippen LogP contribution in [-0.4, -0.2) is 15.9 Å². The normalized spacial score (nSPS) is 11.3. The molecule has 0 saturated carbocycles. The molecule has 0 radical (unpaired) electrons. The van der Waals surface area contributed by atoms with E-state index in [1.807, 2.05) is 37.3 Å². The van der Waals surface area contributed by atoms with Gasteiger partial charge in [-0.2, -0.15) is 0 Å². The van der Waals surface area contributed by atoms with E-state index in [9.17, 15) is 20.2 Å². The number of rotatable bonds is 10. The van der Waals surface area contributed by atoms with Gasteiger partial charge >= 0.3 is 0 Å². The Balaban J connectivity index is 2.33. The summed E-state index contributed by atoms with van der Waals surface area (Å²) in [6.07, 6.45) is 6.61. The highest BCUT2D eigenvalue weighted by Gasteiger charge is 2.22. The Hall–Kier alpha value is -3.40. The van der Waals surface area contributed by atoms with E-state index in [1.165, 1.54) is 31.4 Å². The van der Waals surface area contributed by atoms with Gasteiger partial charge in [0, 0.05) is 24.2 Å². The van der Waals surface area contributed by atoms with Crippen LogP contribution in [0.5, 0.6) is 0 Å². The number of non-ortho nitro benzene ring substituents is 2. The molecular formula is C23H27N3O4. The van der Waals surface area contributed by atoms with Gasteiger partial charge in [0.25, 0.3) is 11.4 Å². The van der Waals surface area contributed by atoms with Crippen LogP contribution in [0.3, 0.4) is 0 Å². The summed E-state index contributed by atoms with van der Waals surface area (Å²) >= 11 is 0. The van der Waals surface area contributed by atoms with Crippen molar-refractivity contribution < 1.29 is 9.85 Å². The molecule has 2 rings (SSSR count). The summed E-state index contributed by atoms with van der Waals surface area (Å²) in [4.78, 5) is 23.2. The third-order valence-corrected chi connectivity index (χ3v) is 4.73. The number of para-hydroxylation sites is 1. The van der Waals surface area contributed by atoms with Crippen molar-refractivity contribution in [1.82, 2.24) is 0 Å². The molecule has 0 aliphatic heterocycles. The van der Waals surface area contributed by atoms with E-state index in [-0.39, 0.29) is 17.4 Å². The molecule has 0 heterocycles. The zero-order valence-electron chi connectivity index (χ0n) is 17.4. The molecule has 7 nitrogen and oxygen atoms in total. The topological polar surface area (TPSA) is 89.5 Å². The second-order valence-electron chi connectivity index (χ2n) is 7.09. The largest absolute Gasteiger partial charge is 0.327 e. The Labute approximate surface area is 177 Å². The first-order chi connectivity index (χ1) is 14.4. The maximum absolute atomic E-state index is 11.3. The second-order valence-corrected chi connectivity index (χ2v) is 7.09. The SMILES string of the molecule is CCCCCCCC#C[C@H](C)N(c1ccccc1)c1cc([N+](=O)[O-])cc([N+](=O)[O-])c1. The van der Waals surface area contributed by atoms with Crippen molar-refractivity contribution in [1.29, 1.82) is 0 Å². The molecule has 0 saturated heterocycles. The molecule has 0 unspecified atom stereocenters. The van der Waals surface area contributed by atoms with E-state index < -0.39 is 9.85 Å². The first-order valence-electron chi connectivity index (χ1n) is 10.2. The lowest BCUT2D eigenvalue weighted by atomic mass is 10.1. The predicted octanol–water partition coefficient (Wildman–Crippen LogP) is 6.39. The fourth-order valence-corrected chi connectivity index (χ4v) is 3.22. The van der Waals surface area contributed by atoms with Crippen LogP contribution in [0.1, 0.15) is 52.4 Å². The molecule has 158 valence electrons. The number of hydrogen-bond donors (Lipinski definition) is 0. The molecule has 0 aliphatic rings. The Morgan fingerprint density at radius 1 is 0.900 bits per heavy atom. The molecule has 2 aromatic carbocycles. The lowest BCUT2D eigenvalue weighted by Gasteiger charge is -2.28. The summed E-state index contributed by atoms with van der Waals surface area (Å²) in [7, 11) is 0. The van der Waals surface area contributed by atoms with Gasteiger partial charge in [-0.3, -0.25) is 20.2 Å². The standard InChI is InChI=1S/C23H27N3O4/c1-3-4-5-6-7-8-10-13-19(2)24(20-14-11-9-12-15-20)21-16-22(25(27)28)18-23(17-21)26(29)30/h9,11-12,14-19H,3-8H2,1-2H3/t19-/m0/s1. The van der Waals surface area contributed by atoms with Gasteiger partial charge < -0.3 is 4.90 Å². The van der Waals surface area contributed by atoms with E-state index in [0.29, 0.717) is 5.69 Å². The van der Waals surface area contributed by atoms with Crippen LogP contribution >= 0.6 is 0 Å². The van der Waals surface area contributed by atoms with E-state index >= 15 is 0 Å². The summed E-state index contributed by atoms with van der Waals surface area (Å²) in [6, 6.07) is 12.6. The van der Waals surface area contributed by atoms with Gasteiger partial charge in [0.15, 0.2) is 0 Å². The molecule has 0 fully saturated rings. The van der Waals surface area contributed by atoms with Gasteiger partial charge in [-0.05, 0) is 25.5 Å². The molecule has 0 spiro atoms. The van der Waals surface area contributed by atoms with Crippen LogP contribution in [0, 0.1) is 32.1 Å². The van der Waals surface area contributed by atoms with Crippen molar-refractivity contribution in [2.75, 3.05) is 4.90 Å². The number of anilines is 2. The number of hydrogen-bond acceptors (Lipinski definition) is 5. The van der Waals surface area contributed by atoms with E-state index in [2.05, 4.69) is 18.8 Å². The van der Waals surface area contributed by atoms with Crippen LogP contribution in [0.15, 0.2) is 48.5 Å². The van der Waals surface area contributed by atoms with Gasteiger partial charge in [-0.1, -0.05) is 56.7 Å². The van der Waals surface area contributed by atoms with Gasteiger partial charge in [0.1, 0.15) is 0 Å². The molecule has 0 amide bonds. The number of nitro benzene ring substituents is 2. The van der Waals surface area contributed by atoms with Crippen LogP contribution in [0.25, 0.3) is 0 Å². The van der Waals surface area contributed by atoms with Crippen molar-refractivity contribution in [3.8, 4) is 11.8 Å². The van der Waals surface area contributed by atoms with Gasteiger partial charge in [0.2, 0.25) is 0 Å². The van der Waals surface area contributed by atoms with Gasteiger partial charge in [0.05, 0.1) is 27.6 Å². The smallest absolute Gasteiger partial charge is 0.278 e. The average Bonchev–Trinajstić information content (AvgIpc) is 2.73. The van der Waals surface area contributed by atoms with Crippen molar-refractivity contribution in [3.05, 3.63) is 68.8 Å². The van der Waals surface area contributed by atoms with Crippen LogP contribution in [-0.2, 0) is 0 Å². The number of nitrogens with zero attached hydrogens (tertiary/aromatic N) is 3. The van der Waals surface area contributed by atoms with E-state index in [0.717, 1.165) is 31.0 Å². The fraction of sp³-hybridized carbons (Fsp3) is 0.391. The molecular weight excluding hydrogens is 382 g/mol. The molecule has 7 heteroatoms. The quantitative estimate of drug-likeness (QED) is 0.196. The molecule has 0 aliphatic carbocycles. The number of unbranched alkanes of at least 4 members (excludes halogenated alkanes) is 5. The maximum atomic E-state index is 11.3. The molecule has 30 heavy (non-hydrogen) atoms. The highest BCUT2D eigenvalue weighted by Crippen LogP contribution is 2.34. The Kier molecular flexibility index (Phi) is 8.82. The molecule has 2 aromatic rings. The second kappa shape index (κ2) is 11.6. The zero-order chi connectivity index (χ0) is 21.9. The highest BCUT2D eigenvalue weighted by atomic mass is 16.6.